The van der Waals surface area contributed by atoms with Gasteiger partial charge in [0.1, 0.15) is 17.9 Å². The van der Waals surface area contributed by atoms with Crippen molar-refractivity contribution in [2.45, 2.75) is 37.3 Å². The van der Waals surface area contributed by atoms with Crippen molar-refractivity contribution in [1.82, 2.24) is 4.72 Å². The van der Waals surface area contributed by atoms with Gasteiger partial charge in [-0.1, -0.05) is 11.6 Å². The quantitative estimate of drug-likeness (QED) is 0.875. The second kappa shape index (κ2) is 5.23. The molecule has 0 bridgehead atoms. The third-order valence-corrected chi connectivity index (χ3v) is 4.73. The van der Waals surface area contributed by atoms with Gasteiger partial charge >= 0.3 is 5.97 Å². The topological polar surface area (TPSA) is 92.7 Å². The maximum atomic E-state index is 12.1. The van der Waals surface area contributed by atoms with Crippen molar-refractivity contribution >= 4 is 27.6 Å². The minimum absolute atomic E-state index is 0.0629. The number of aliphatic carboxylic acids is 1. The number of sulfonamides is 1. The number of benzene rings is 1. The zero-order valence-corrected chi connectivity index (χ0v) is 12.5. The molecule has 8 heteroatoms. The van der Waals surface area contributed by atoms with Crippen LogP contribution in [0, 0.1) is 0 Å². The van der Waals surface area contributed by atoms with Gasteiger partial charge in [-0.05, 0) is 26.0 Å². The Morgan fingerprint density at radius 1 is 1.55 bits per heavy atom. The van der Waals surface area contributed by atoms with Crippen LogP contribution in [-0.2, 0) is 21.2 Å². The van der Waals surface area contributed by atoms with Gasteiger partial charge in [-0.3, -0.25) is 4.79 Å². The number of ether oxygens (including phenoxy) is 1. The monoisotopic (exact) mass is 319 g/mol. The van der Waals surface area contributed by atoms with E-state index in [1.54, 1.807) is 0 Å². The Hall–Kier alpha value is -1.31. The Bertz CT molecular complexity index is 658. The Labute approximate surface area is 121 Å². The van der Waals surface area contributed by atoms with Crippen LogP contribution in [-0.4, -0.2) is 31.6 Å². The molecular formula is C12H14ClNO5S. The van der Waals surface area contributed by atoms with E-state index in [9.17, 15) is 13.2 Å². The molecule has 2 atom stereocenters. The van der Waals surface area contributed by atoms with E-state index in [0.29, 0.717) is 17.7 Å². The summed E-state index contributed by atoms with van der Waals surface area (Å²) in [6.45, 7) is 3.11. The Morgan fingerprint density at radius 2 is 2.20 bits per heavy atom. The lowest BCUT2D eigenvalue weighted by Crippen LogP contribution is -2.38. The number of fused-ring (bicyclic) bond motifs is 1. The fourth-order valence-electron chi connectivity index (χ4n) is 1.97. The SMILES string of the molecule is CC1Cc2cc(S(=O)(=O)N[C@H](C)C(=O)O)cc(Cl)c2O1. The first-order valence-corrected chi connectivity index (χ1v) is 7.81. The predicted molar refractivity (Wildman–Crippen MR) is 72.7 cm³/mol. The highest BCUT2D eigenvalue weighted by Crippen LogP contribution is 2.37. The maximum Gasteiger partial charge on any atom is 0.321 e. The predicted octanol–water partition coefficient (Wildman–Crippen LogP) is 1.41. The van der Waals surface area contributed by atoms with E-state index in [2.05, 4.69) is 4.72 Å². The molecule has 1 heterocycles. The summed E-state index contributed by atoms with van der Waals surface area (Å²) in [6, 6.07) is 1.50. The lowest BCUT2D eigenvalue weighted by atomic mass is 10.1. The highest BCUT2D eigenvalue weighted by molar-refractivity contribution is 7.89. The summed E-state index contributed by atoms with van der Waals surface area (Å²) in [5.74, 6) is -0.762. The number of carbonyl (C=O) groups is 1. The molecular weight excluding hydrogens is 306 g/mol. The van der Waals surface area contributed by atoms with Gasteiger partial charge in [-0.15, -0.1) is 0 Å². The molecule has 0 fully saturated rings. The van der Waals surface area contributed by atoms with Crippen molar-refractivity contribution in [3.8, 4) is 5.75 Å². The summed E-state index contributed by atoms with van der Waals surface area (Å²) >= 11 is 6.01. The van der Waals surface area contributed by atoms with Gasteiger partial charge in [-0.2, -0.15) is 4.72 Å². The molecule has 20 heavy (non-hydrogen) atoms. The van der Waals surface area contributed by atoms with Crippen LogP contribution in [0.25, 0.3) is 0 Å². The number of nitrogens with one attached hydrogen (secondary N) is 1. The maximum absolute atomic E-state index is 12.1. The first-order valence-electron chi connectivity index (χ1n) is 5.95. The Morgan fingerprint density at radius 3 is 2.80 bits per heavy atom. The van der Waals surface area contributed by atoms with Gasteiger partial charge in [-0.25, -0.2) is 8.42 Å². The van der Waals surface area contributed by atoms with Crippen LogP contribution < -0.4 is 9.46 Å². The number of hydrogen-bond acceptors (Lipinski definition) is 4. The van der Waals surface area contributed by atoms with Crippen LogP contribution in [0.3, 0.4) is 0 Å². The highest BCUT2D eigenvalue weighted by Gasteiger charge is 2.27. The fraction of sp³-hybridized carbons (Fsp3) is 0.417. The molecule has 2 N–H and O–H groups in total. The average molecular weight is 320 g/mol. The van der Waals surface area contributed by atoms with Gasteiger partial charge in [0.25, 0.3) is 0 Å². The van der Waals surface area contributed by atoms with E-state index in [-0.39, 0.29) is 16.0 Å². The molecule has 0 spiro atoms. The lowest BCUT2D eigenvalue weighted by molar-refractivity contribution is -0.138. The van der Waals surface area contributed by atoms with Crippen LogP contribution >= 0.6 is 11.6 Å². The van der Waals surface area contributed by atoms with Crippen molar-refractivity contribution in [3.05, 3.63) is 22.7 Å². The molecule has 1 aromatic carbocycles. The van der Waals surface area contributed by atoms with Gasteiger partial charge in [0, 0.05) is 12.0 Å². The normalized spacial score (nSPS) is 19.2. The zero-order chi connectivity index (χ0) is 15.1. The first-order chi connectivity index (χ1) is 9.20. The summed E-state index contributed by atoms with van der Waals surface area (Å²) < 4.78 is 31.8. The third-order valence-electron chi connectivity index (χ3n) is 2.93. The molecule has 1 aromatic rings. The number of halogens is 1. The molecule has 0 saturated heterocycles. The Balaban J connectivity index is 2.37. The smallest absolute Gasteiger partial charge is 0.321 e. The Kier molecular flexibility index (Phi) is 3.95. The van der Waals surface area contributed by atoms with Crippen molar-refractivity contribution < 1.29 is 23.1 Å². The molecule has 2 rings (SSSR count). The van der Waals surface area contributed by atoms with Crippen molar-refractivity contribution in [3.63, 3.8) is 0 Å². The average Bonchev–Trinajstić information content (AvgIpc) is 2.69. The molecule has 0 aliphatic carbocycles. The number of hydrogen-bond donors (Lipinski definition) is 2. The van der Waals surface area contributed by atoms with E-state index >= 15 is 0 Å². The van der Waals surface area contributed by atoms with E-state index in [0.717, 1.165) is 0 Å². The second-order valence-electron chi connectivity index (χ2n) is 4.71. The lowest BCUT2D eigenvalue weighted by Gasteiger charge is -2.12. The first kappa shape index (κ1) is 15.1. The van der Waals surface area contributed by atoms with Crippen LogP contribution in [0.15, 0.2) is 17.0 Å². The zero-order valence-electron chi connectivity index (χ0n) is 10.9. The molecule has 1 unspecified atom stereocenters. The van der Waals surface area contributed by atoms with Gasteiger partial charge in [0.15, 0.2) is 0 Å². The van der Waals surface area contributed by atoms with E-state index in [1.165, 1.54) is 19.1 Å². The van der Waals surface area contributed by atoms with Gasteiger partial charge in [0.2, 0.25) is 10.0 Å². The summed E-state index contributed by atoms with van der Waals surface area (Å²) in [6.07, 6.45) is 0.499. The molecule has 0 amide bonds. The standard InChI is InChI=1S/C12H14ClNO5S/c1-6-3-8-4-9(5-10(13)11(8)19-6)20(17,18)14-7(2)12(15)16/h4-7,14H,3H2,1-2H3,(H,15,16)/t6?,7-/m1/s1. The molecule has 1 aliphatic rings. The fourth-order valence-corrected chi connectivity index (χ4v) is 3.59. The van der Waals surface area contributed by atoms with E-state index in [4.69, 9.17) is 21.4 Å². The number of carboxylic acid groups (broad SMARTS) is 1. The molecule has 0 saturated carbocycles. The van der Waals surface area contributed by atoms with Crippen LogP contribution in [0.1, 0.15) is 19.4 Å². The summed E-state index contributed by atoms with van der Waals surface area (Å²) in [5.41, 5.74) is 0.702. The summed E-state index contributed by atoms with van der Waals surface area (Å²) in [5, 5.41) is 8.97. The minimum Gasteiger partial charge on any atom is -0.489 e. The van der Waals surface area contributed by atoms with Crippen LogP contribution in [0.4, 0.5) is 0 Å². The van der Waals surface area contributed by atoms with E-state index in [1.807, 2.05) is 6.92 Å². The third kappa shape index (κ3) is 2.89. The molecule has 0 radical (unpaired) electrons. The van der Waals surface area contributed by atoms with Crippen molar-refractivity contribution in [2.24, 2.45) is 0 Å². The van der Waals surface area contributed by atoms with Crippen molar-refractivity contribution in [1.29, 1.82) is 0 Å². The summed E-state index contributed by atoms with van der Waals surface area (Å²) in [7, 11) is -3.94. The molecule has 6 nitrogen and oxygen atoms in total. The molecule has 0 aromatic heterocycles. The molecule has 110 valence electrons. The summed E-state index contributed by atoms with van der Waals surface area (Å²) in [4.78, 5) is 10.7. The van der Waals surface area contributed by atoms with Gasteiger partial charge < -0.3 is 9.84 Å². The molecule has 1 aliphatic heterocycles. The van der Waals surface area contributed by atoms with Crippen molar-refractivity contribution in [2.75, 3.05) is 0 Å². The second-order valence-corrected chi connectivity index (χ2v) is 6.83. The van der Waals surface area contributed by atoms with E-state index < -0.39 is 22.0 Å². The minimum atomic E-state index is -3.94. The highest BCUT2D eigenvalue weighted by atomic mass is 35.5. The number of carboxylic acids is 1. The largest absolute Gasteiger partial charge is 0.489 e. The van der Waals surface area contributed by atoms with Gasteiger partial charge in [0.05, 0.1) is 9.92 Å². The van der Waals surface area contributed by atoms with Crippen LogP contribution in [0.2, 0.25) is 5.02 Å². The van der Waals surface area contributed by atoms with Crippen LogP contribution in [0.5, 0.6) is 5.75 Å². The number of rotatable bonds is 4.